The molecule has 0 amide bonds. The van der Waals surface area contributed by atoms with Crippen LogP contribution in [-0.4, -0.2) is 24.9 Å². The highest BCUT2D eigenvalue weighted by molar-refractivity contribution is 7.26. The molecule has 0 N–H and O–H groups in total. The highest BCUT2D eigenvalue weighted by atomic mass is 32.1. The monoisotopic (exact) mass is 749 g/mol. The molecule has 0 radical (unpaired) electrons. The molecule has 0 aliphatic rings. The fourth-order valence-electron chi connectivity index (χ4n) is 7.92. The largest absolute Gasteiger partial charge is 0.456 e. The van der Waals surface area contributed by atoms with Crippen LogP contribution in [0.25, 0.3) is 121 Å². The zero-order valence-corrected chi connectivity index (χ0v) is 30.9. The summed E-state index contributed by atoms with van der Waals surface area (Å²) in [5.41, 5.74) is 9.27. The molecule has 0 atom stereocenters. The van der Waals surface area contributed by atoms with Crippen molar-refractivity contribution in [3.8, 4) is 56.8 Å². The first-order valence-electron chi connectivity index (χ1n) is 18.7. The van der Waals surface area contributed by atoms with E-state index in [1.165, 1.54) is 4.70 Å². The fourth-order valence-corrected chi connectivity index (χ4v) is 9.07. The summed E-state index contributed by atoms with van der Waals surface area (Å²) >= 11 is 1.72. The van der Waals surface area contributed by atoms with E-state index in [2.05, 4.69) is 60.7 Å². The zero-order valence-electron chi connectivity index (χ0n) is 30.0. The van der Waals surface area contributed by atoms with E-state index >= 15 is 0 Å². The van der Waals surface area contributed by atoms with Gasteiger partial charge < -0.3 is 8.83 Å². The van der Waals surface area contributed by atoms with Gasteiger partial charge >= 0.3 is 0 Å². The number of benzene rings is 7. The summed E-state index contributed by atoms with van der Waals surface area (Å²) in [5, 5.41) is 5.05. The fraction of sp³-hybridized carbons (Fsp3) is 0. The van der Waals surface area contributed by atoms with Gasteiger partial charge in [-0.25, -0.2) is 24.9 Å². The Morgan fingerprint density at radius 3 is 1.88 bits per heavy atom. The van der Waals surface area contributed by atoms with Gasteiger partial charge in [-0.3, -0.25) is 0 Å². The summed E-state index contributed by atoms with van der Waals surface area (Å²) < 4.78 is 15.3. The average molecular weight is 750 g/mol. The number of aromatic nitrogens is 5. The Bertz CT molecular complexity index is 3540. The molecule has 5 heterocycles. The number of para-hydroxylation sites is 2. The molecule has 0 spiro atoms. The Morgan fingerprint density at radius 2 is 1.02 bits per heavy atom. The molecular weight excluding hydrogens is 723 g/mol. The molecular formula is C49H27N5O2S. The van der Waals surface area contributed by atoms with Crippen LogP contribution < -0.4 is 0 Å². The maximum atomic E-state index is 6.77. The van der Waals surface area contributed by atoms with Crippen molar-refractivity contribution in [3.05, 3.63) is 164 Å². The maximum absolute atomic E-state index is 6.77. The Morgan fingerprint density at radius 1 is 0.386 bits per heavy atom. The number of nitrogens with zero attached hydrogens (tertiary/aromatic N) is 5. The average Bonchev–Trinajstić information content (AvgIpc) is 3.97. The van der Waals surface area contributed by atoms with Gasteiger partial charge in [0, 0.05) is 53.9 Å². The number of rotatable bonds is 5. The van der Waals surface area contributed by atoms with Crippen LogP contribution in [0, 0.1) is 0 Å². The third kappa shape index (κ3) is 5.08. The Balaban J connectivity index is 1.07. The highest BCUT2D eigenvalue weighted by Crippen LogP contribution is 2.43. The van der Waals surface area contributed by atoms with Crippen molar-refractivity contribution in [3.63, 3.8) is 0 Å². The first-order valence-corrected chi connectivity index (χ1v) is 19.5. The number of furan rings is 2. The third-order valence-corrected chi connectivity index (χ3v) is 11.7. The van der Waals surface area contributed by atoms with Crippen molar-refractivity contribution in [2.75, 3.05) is 0 Å². The van der Waals surface area contributed by atoms with Gasteiger partial charge in [-0.2, -0.15) is 0 Å². The SMILES string of the molecule is c1ccc(-c2nc(-c3ccc4c(c3)oc3ccccc34)nc(-c3cccc4oc5c(-c6nc(-c7ccccc7)c7sc8ccccc8c7n6)cccc5c34)n2)cc1. The summed E-state index contributed by atoms with van der Waals surface area (Å²) in [6, 6.07) is 55.1. The Hall–Kier alpha value is -7.55. The quantitative estimate of drug-likeness (QED) is 0.173. The normalized spacial score (nSPS) is 11.9. The first kappa shape index (κ1) is 31.8. The van der Waals surface area contributed by atoms with Gasteiger partial charge in [0.25, 0.3) is 0 Å². The molecule has 8 heteroatoms. The van der Waals surface area contributed by atoms with E-state index in [-0.39, 0.29) is 0 Å². The van der Waals surface area contributed by atoms with E-state index < -0.39 is 0 Å². The highest BCUT2D eigenvalue weighted by Gasteiger charge is 2.23. The summed E-state index contributed by atoms with van der Waals surface area (Å²) in [4.78, 5) is 25.8. The second-order valence-electron chi connectivity index (χ2n) is 14.0. The van der Waals surface area contributed by atoms with Crippen molar-refractivity contribution < 1.29 is 8.83 Å². The smallest absolute Gasteiger partial charge is 0.164 e. The molecule has 12 rings (SSSR count). The minimum Gasteiger partial charge on any atom is -0.456 e. The van der Waals surface area contributed by atoms with Crippen LogP contribution in [0.3, 0.4) is 0 Å². The van der Waals surface area contributed by atoms with Gasteiger partial charge in [0.15, 0.2) is 23.3 Å². The van der Waals surface area contributed by atoms with Crippen molar-refractivity contribution >= 4 is 75.5 Å². The van der Waals surface area contributed by atoms with Crippen LogP contribution in [0.2, 0.25) is 0 Å². The Kier molecular flexibility index (Phi) is 6.96. The van der Waals surface area contributed by atoms with Gasteiger partial charge in [0.1, 0.15) is 22.3 Å². The van der Waals surface area contributed by atoms with Crippen LogP contribution in [0.15, 0.2) is 173 Å². The molecule has 0 bridgehead atoms. The molecule has 266 valence electrons. The molecule has 5 aromatic heterocycles. The number of hydrogen-bond donors (Lipinski definition) is 0. The maximum Gasteiger partial charge on any atom is 0.164 e. The lowest BCUT2D eigenvalue weighted by Gasteiger charge is -2.09. The molecule has 0 aliphatic carbocycles. The second-order valence-corrected chi connectivity index (χ2v) is 15.0. The summed E-state index contributed by atoms with van der Waals surface area (Å²) in [6.07, 6.45) is 0. The third-order valence-electron chi connectivity index (χ3n) is 10.6. The molecule has 0 unspecified atom stereocenters. The van der Waals surface area contributed by atoms with Crippen LogP contribution in [0.1, 0.15) is 0 Å². The zero-order chi connectivity index (χ0) is 37.5. The summed E-state index contributed by atoms with van der Waals surface area (Å²) in [6.45, 7) is 0. The number of hydrogen-bond acceptors (Lipinski definition) is 8. The predicted octanol–water partition coefficient (Wildman–Crippen LogP) is 13.2. The molecule has 57 heavy (non-hydrogen) atoms. The predicted molar refractivity (Wildman–Crippen MR) is 230 cm³/mol. The molecule has 12 aromatic rings. The lowest BCUT2D eigenvalue weighted by Crippen LogP contribution is -2.00. The topological polar surface area (TPSA) is 90.7 Å². The molecule has 7 aromatic carbocycles. The van der Waals surface area contributed by atoms with Gasteiger partial charge in [0.2, 0.25) is 0 Å². The molecule has 7 nitrogen and oxygen atoms in total. The second kappa shape index (κ2) is 12.5. The van der Waals surface area contributed by atoms with E-state index in [0.29, 0.717) is 34.5 Å². The van der Waals surface area contributed by atoms with Gasteiger partial charge in [-0.1, -0.05) is 127 Å². The van der Waals surface area contributed by atoms with E-state index in [1.807, 2.05) is 103 Å². The van der Waals surface area contributed by atoms with Crippen molar-refractivity contribution in [1.29, 1.82) is 0 Å². The molecule has 0 saturated heterocycles. The van der Waals surface area contributed by atoms with Crippen LogP contribution in [0.5, 0.6) is 0 Å². The van der Waals surface area contributed by atoms with E-state index in [4.69, 9.17) is 33.8 Å². The Labute approximate surface area is 328 Å². The van der Waals surface area contributed by atoms with E-state index in [9.17, 15) is 0 Å². The first-order chi connectivity index (χ1) is 28.2. The molecule has 0 aliphatic heterocycles. The minimum absolute atomic E-state index is 0.538. The minimum atomic E-state index is 0.538. The van der Waals surface area contributed by atoms with Gasteiger partial charge in [-0.05, 0) is 36.4 Å². The number of thiophene rings is 1. The van der Waals surface area contributed by atoms with Gasteiger partial charge in [-0.15, -0.1) is 11.3 Å². The van der Waals surface area contributed by atoms with Crippen molar-refractivity contribution in [1.82, 2.24) is 24.9 Å². The number of fused-ring (bicyclic) bond motifs is 9. The van der Waals surface area contributed by atoms with E-state index in [1.54, 1.807) is 11.3 Å². The molecule has 0 fully saturated rings. The summed E-state index contributed by atoms with van der Waals surface area (Å²) in [5.74, 6) is 2.26. The standard InChI is InChI=1S/C49H27N5O2S/c1-3-13-28(14-4-1)42-45-43(33-18-8-10-24-40(33)57-45)51-49(50-42)36-21-11-19-34-41-35(20-12-23-38(41)56-44(34)36)48-53-46(29-15-5-2-6-16-29)52-47(54-48)30-25-26-32-31-17-7-9-22-37(31)55-39(32)27-30/h1-27H. The summed E-state index contributed by atoms with van der Waals surface area (Å²) in [7, 11) is 0. The van der Waals surface area contributed by atoms with Crippen LogP contribution in [-0.2, 0) is 0 Å². The van der Waals surface area contributed by atoms with Crippen molar-refractivity contribution in [2.24, 2.45) is 0 Å². The van der Waals surface area contributed by atoms with Gasteiger partial charge in [0.05, 0.1) is 21.5 Å². The van der Waals surface area contributed by atoms with E-state index in [0.717, 1.165) is 81.8 Å². The molecule has 0 saturated carbocycles. The lowest BCUT2D eigenvalue weighted by atomic mass is 10.0. The van der Waals surface area contributed by atoms with Crippen LogP contribution in [0.4, 0.5) is 0 Å². The van der Waals surface area contributed by atoms with Crippen molar-refractivity contribution in [2.45, 2.75) is 0 Å². The van der Waals surface area contributed by atoms with Crippen LogP contribution >= 0.6 is 11.3 Å². The lowest BCUT2D eigenvalue weighted by molar-refractivity contribution is 0.669.